The number of halogens is 1. The lowest BCUT2D eigenvalue weighted by Crippen LogP contribution is -2.19. The zero-order chi connectivity index (χ0) is 17.3. The minimum Gasteiger partial charge on any atom is -0.384 e. The van der Waals surface area contributed by atoms with Crippen molar-refractivity contribution < 1.29 is 0 Å². The van der Waals surface area contributed by atoms with E-state index in [1.165, 1.54) is 12.3 Å². The SMILES string of the molecule is Cc1cc(N)n(N=Cc2c(C)nn(-c3ccccc3)c2Cl)c(=O)c1. The van der Waals surface area contributed by atoms with Crippen LogP contribution in [0, 0.1) is 13.8 Å². The first kappa shape index (κ1) is 16.0. The molecule has 0 aliphatic carbocycles. The molecular formula is C17H16ClN5O. The maximum atomic E-state index is 12.0. The summed E-state index contributed by atoms with van der Waals surface area (Å²) in [5.41, 5.74) is 8.52. The van der Waals surface area contributed by atoms with Gasteiger partial charge in [0.15, 0.2) is 0 Å². The maximum absolute atomic E-state index is 12.0. The minimum atomic E-state index is -0.298. The van der Waals surface area contributed by atoms with Gasteiger partial charge < -0.3 is 5.73 Å². The molecule has 3 rings (SSSR count). The Hall–Kier alpha value is -2.86. The first-order valence-electron chi connectivity index (χ1n) is 7.31. The molecule has 0 atom stereocenters. The van der Waals surface area contributed by atoms with Crippen LogP contribution in [-0.2, 0) is 0 Å². The summed E-state index contributed by atoms with van der Waals surface area (Å²) in [5.74, 6) is 0.264. The average Bonchev–Trinajstić information content (AvgIpc) is 2.82. The van der Waals surface area contributed by atoms with E-state index in [0.717, 1.165) is 15.9 Å². The van der Waals surface area contributed by atoms with E-state index in [1.54, 1.807) is 17.7 Å². The number of para-hydroxylation sites is 1. The number of pyridine rings is 1. The number of benzene rings is 1. The molecule has 24 heavy (non-hydrogen) atoms. The van der Waals surface area contributed by atoms with E-state index in [1.807, 2.05) is 37.3 Å². The number of aromatic nitrogens is 3. The van der Waals surface area contributed by atoms with Gasteiger partial charge in [0, 0.05) is 6.07 Å². The fourth-order valence-corrected chi connectivity index (χ4v) is 2.68. The third kappa shape index (κ3) is 2.96. The largest absolute Gasteiger partial charge is 0.384 e. The van der Waals surface area contributed by atoms with Crippen LogP contribution in [-0.4, -0.2) is 20.7 Å². The molecule has 0 fully saturated rings. The van der Waals surface area contributed by atoms with Crippen molar-refractivity contribution in [2.75, 3.05) is 5.73 Å². The number of nitrogen functional groups attached to an aromatic ring is 1. The van der Waals surface area contributed by atoms with Gasteiger partial charge in [-0.05, 0) is 37.6 Å². The predicted octanol–water partition coefficient (Wildman–Crippen LogP) is 2.77. The molecule has 6 nitrogen and oxygen atoms in total. The van der Waals surface area contributed by atoms with Crippen LogP contribution in [0.1, 0.15) is 16.8 Å². The molecule has 122 valence electrons. The lowest BCUT2D eigenvalue weighted by atomic mass is 10.3. The van der Waals surface area contributed by atoms with Gasteiger partial charge in [-0.2, -0.15) is 14.9 Å². The molecule has 0 spiro atoms. The highest BCUT2D eigenvalue weighted by Crippen LogP contribution is 2.22. The fraction of sp³-hybridized carbons (Fsp3) is 0.118. The molecule has 2 N–H and O–H groups in total. The van der Waals surface area contributed by atoms with Crippen molar-refractivity contribution >= 4 is 23.6 Å². The van der Waals surface area contributed by atoms with Crippen LogP contribution in [0.3, 0.4) is 0 Å². The highest BCUT2D eigenvalue weighted by atomic mass is 35.5. The number of nitrogens with zero attached hydrogens (tertiary/aromatic N) is 4. The van der Waals surface area contributed by atoms with Crippen molar-refractivity contribution in [3.05, 3.63) is 74.8 Å². The fourth-order valence-electron chi connectivity index (χ4n) is 2.36. The Bertz CT molecular complexity index is 973. The summed E-state index contributed by atoms with van der Waals surface area (Å²) in [4.78, 5) is 12.0. The molecule has 1 aromatic carbocycles. The molecule has 0 amide bonds. The standard InChI is InChI=1S/C17H16ClN5O/c1-11-8-15(19)23(16(24)9-11)20-10-14-12(2)21-22(17(14)18)13-6-4-3-5-7-13/h3-10H,19H2,1-2H3. The van der Waals surface area contributed by atoms with Gasteiger partial charge in [-0.25, -0.2) is 4.68 Å². The number of nitrogens with two attached hydrogens (primary N) is 1. The Morgan fingerprint density at radius 2 is 1.92 bits per heavy atom. The minimum absolute atomic E-state index is 0.264. The predicted molar refractivity (Wildman–Crippen MR) is 96.2 cm³/mol. The van der Waals surface area contributed by atoms with Gasteiger partial charge in [-0.1, -0.05) is 29.8 Å². The van der Waals surface area contributed by atoms with Gasteiger partial charge in [0.1, 0.15) is 11.0 Å². The lowest BCUT2D eigenvalue weighted by Gasteiger charge is -2.04. The molecule has 0 bridgehead atoms. The molecule has 2 heterocycles. The summed E-state index contributed by atoms with van der Waals surface area (Å²) in [6.45, 7) is 3.63. The first-order valence-corrected chi connectivity index (χ1v) is 7.69. The van der Waals surface area contributed by atoms with Crippen LogP contribution in [0.2, 0.25) is 5.15 Å². The molecule has 3 aromatic rings. The molecule has 2 aromatic heterocycles. The Morgan fingerprint density at radius 1 is 1.21 bits per heavy atom. The van der Waals surface area contributed by atoms with Gasteiger partial charge in [0.25, 0.3) is 5.56 Å². The van der Waals surface area contributed by atoms with Crippen molar-refractivity contribution in [3.63, 3.8) is 0 Å². The third-order valence-corrected chi connectivity index (χ3v) is 3.89. The second kappa shape index (κ2) is 6.33. The summed E-state index contributed by atoms with van der Waals surface area (Å²) in [5, 5.41) is 9.01. The molecule has 0 radical (unpaired) electrons. The molecule has 0 saturated carbocycles. The Kier molecular flexibility index (Phi) is 4.22. The summed E-state index contributed by atoms with van der Waals surface area (Å²) in [7, 11) is 0. The zero-order valence-corrected chi connectivity index (χ0v) is 14.0. The van der Waals surface area contributed by atoms with Gasteiger partial charge >= 0.3 is 0 Å². The summed E-state index contributed by atoms with van der Waals surface area (Å²) >= 11 is 6.43. The van der Waals surface area contributed by atoms with Gasteiger partial charge in [-0.15, -0.1) is 0 Å². The van der Waals surface area contributed by atoms with Crippen molar-refractivity contribution in [1.82, 2.24) is 14.5 Å². The first-order chi connectivity index (χ1) is 11.5. The van der Waals surface area contributed by atoms with Crippen molar-refractivity contribution in [1.29, 1.82) is 0 Å². The molecule has 0 aliphatic rings. The van der Waals surface area contributed by atoms with Crippen LogP contribution in [0.15, 0.2) is 52.4 Å². The normalized spacial score (nSPS) is 11.3. The summed E-state index contributed by atoms with van der Waals surface area (Å²) in [6.07, 6.45) is 1.50. The second-order valence-corrected chi connectivity index (χ2v) is 5.75. The Balaban J connectivity index is 2.03. The maximum Gasteiger partial charge on any atom is 0.273 e. The van der Waals surface area contributed by atoms with Gasteiger partial charge in [0.2, 0.25) is 0 Å². The van der Waals surface area contributed by atoms with Gasteiger partial charge in [-0.3, -0.25) is 4.79 Å². The van der Waals surface area contributed by atoms with Crippen molar-refractivity contribution in [3.8, 4) is 5.69 Å². The number of anilines is 1. The van der Waals surface area contributed by atoms with E-state index in [0.29, 0.717) is 16.4 Å². The highest BCUT2D eigenvalue weighted by molar-refractivity contribution is 6.32. The van der Waals surface area contributed by atoms with E-state index in [2.05, 4.69) is 10.2 Å². The van der Waals surface area contributed by atoms with Crippen LogP contribution in [0.4, 0.5) is 5.82 Å². The molecule has 0 aliphatic heterocycles. The number of aryl methyl sites for hydroxylation is 2. The number of hydrogen-bond acceptors (Lipinski definition) is 4. The van der Waals surface area contributed by atoms with Crippen LogP contribution in [0.5, 0.6) is 0 Å². The van der Waals surface area contributed by atoms with Crippen molar-refractivity contribution in [2.24, 2.45) is 5.10 Å². The molecule has 0 unspecified atom stereocenters. The van der Waals surface area contributed by atoms with Crippen LogP contribution in [0.25, 0.3) is 5.69 Å². The Morgan fingerprint density at radius 3 is 2.58 bits per heavy atom. The van der Waals surface area contributed by atoms with Gasteiger partial charge in [0.05, 0.1) is 23.2 Å². The quantitative estimate of drug-likeness (QED) is 0.744. The van der Waals surface area contributed by atoms with E-state index in [-0.39, 0.29) is 11.4 Å². The number of hydrogen-bond donors (Lipinski definition) is 1. The van der Waals surface area contributed by atoms with Crippen LogP contribution < -0.4 is 11.3 Å². The summed E-state index contributed by atoms with van der Waals surface area (Å²) < 4.78 is 2.75. The number of rotatable bonds is 3. The monoisotopic (exact) mass is 341 g/mol. The van der Waals surface area contributed by atoms with E-state index < -0.39 is 0 Å². The van der Waals surface area contributed by atoms with E-state index in [4.69, 9.17) is 17.3 Å². The average molecular weight is 342 g/mol. The second-order valence-electron chi connectivity index (χ2n) is 5.39. The van der Waals surface area contributed by atoms with Crippen molar-refractivity contribution in [2.45, 2.75) is 13.8 Å². The molecule has 7 heteroatoms. The highest BCUT2D eigenvalue weighted by Gasteiger charge is 2.13. The third-order valence-electron chi connectivity index (χ3n) is 3.53. The zero-order valence-electron chi connectivity index (χ0n) is 13.3. The topological polar surface area (TPSA) is 78.2 Å². The molecular weight excluding hydrogens is 326 g/mol. The van der Waals surface area contributed by atoms with E-state index >= 15 is 0 Å². The summed E-state index contributed by atoms with van der Waals surface area (Å²) in [6, 6.07) is 12.7. The lowest BCUT2D eigenvalue weighted by molar-refractivity contribution is 0.843. The Labute approximate surface area is 143 Å². The molecule has 0 saturated heterocycles. The van der Waals surface area contributed by atoms with Crippen LogP contribution >= 0.6 is 11.6 Å². The van der Waals surface area contributed by atoms with E-state index in [9.17, 15) is 4.79 Å². The smallest absolute Gasteiger partial charge is 0.273 e.